The number of hydrogen-bond donors (Lipinski definition) is 1. The Morgan fingerprint density at radius 3 is 1.61 bits per heavy atom. The average Bonchev–Trinajstić information content (AvgIpc) is 3.39. The van der Waals surface area contributed by atoms with Gasteiger partial charge < -0.3 is 0 Å². The number of aromatic amines is 1. The Balaban J connectivity index is 1.58. The smallest absolute Gasteiger partial charge is 0.241 e. The second kappa shape index (κ2) is 11.7. The van der Waals surface area contributed by atoms with Crippen LogP contribution in [-0.2, 0) is 6.54 Å². The summed E-state index contributed by atoms with van der Waals surface area (Å²) in [5, 5.41) is 0. The fourth-order valence-electron chi connectivity index (χ4n) is 5.11. The van der Waals surface area contributed by atoms with Crippen LogP contribution >= 0.6 is 0 Å². The minimum Gasteiger partial charge on any atom is -0.250 e. The Bertz CT molecular complexity index is 1000. The van der Waals surface area contributed by atoms with Crippen molar-refractivity contribution in [3.05, 3.63) is 126 Å². The lowest BCUT2D eigenvalue weighted by Gasteiger charge is -2.28. The lowest BCUT2D eigenvalue weighted by molar-refractivity contribution is -0.687. The standard InChI is InChI=1S/C31H36N2/c1-3-26(28-11-7-5-8-12-28)21-31(22-27(4-2)29-13-9-6-10-14-29)30-17-15-25(16-18-30)23-33-20-19-32-24-33/h5-20,24,26-27,31H,3-4,21-23H2,1-2H3/p+1. The van der Waals surface area contributed by atoms with Gasteiger partial charge >= 0.3 is 0 Å². The van der Waals surface area contributed by atoms with Crippen LogP contribution < -0.4 is 4.57 Å². The summed E-state index contributed by atoms with van der Waals surface area (Å²) in [4.78, 5) is 3.13. The van der Waals surface area contributed by atoms with Crippen LogP contribution in [0.5, 0.6) is 0 Å². The van der Waals surface area contributed by atoms with Crippen LogP contribution in [-0.4, -0.2) is 4.98 Å². The van der Waals surface area contributed by atoms with E-state index in [0.29, 0.717) is 17.8 Å². The van der Waals surface area contributed by atoms with Crippen molar-refractivity contribution in [3.8, 4) is 0 Å². The minimum atomic E-state index is 0.536. The normalized spacial score (nSPS) is 14.0. The van der Waals surface area contributed by atoms with E-state index in [1.807, 2.05) is 12.5 Å². The highest BCUT2D eigenvalue weighted by molar-refractivity contribution is 5.28. The van der Waals surface area contributed by atoms with Gasteiger partial charge in [-0.2, -0.15) is 0 Å². The SMILES string of the molecule is CCC(CC(CC(CC)c1ccccc1)c1ccc(C[n+]2cc[nH]c2)cc1)c1ccccc1. The van der Waals surface area contributed by atoms with Gasteiger partial charge in [0.05, 0.1) is 0 Å². The molecule has 2 heteroatoms. The molecule has 0 spiro atoms. The number of nitrogens with one attached hydrogen (secondary N) is 1. The fraction of sp³-hybridized carbons (Fsp3) is 0.323. The van der Waals surface area contributed by atoms with Gasteiger partial charge in [0.1, 0.15) is 18.9 Å². The van der Waals surface area contributed by atoms with Gasteiger partial charge in [-0.1, -0.05) is 98.8 Å². The quantitative estimate of drug-likeness (QED) is 0.233. The summed E-state index contributed by atoms with van der Waals surface area (Å²) >= 11 is 0. The Hall–Kier alpha value is -3.13. The minimum absolute atomic E-state index is 0.536. The molecule has 170 valence electrons. The van der Waals surface area contributed by atoms with Gasteiger partial charge in [0.25, 0.3) is 0 Å². The maximum atomic E-state index is 3.13. The highest BCUT2D eigenvalue weighted by Gasteiger charge is 2.23. The monoisotopic (exact) mass is 437 g/mol. The zero-order valence-corrected chi connectivity index (χ0v) is 20.0. The molecule has 0 radical (unpaired) electrons. The van der Waals surface area contributed by atoms with Crippen molar-refractivity contribution in [1.29, 1.82) is 0 Å². The molecule has 2 atom stereocenters. The maximum absolute atomic E-state index is 3.13. The van der Waals surface area contributed by atoms with Crippen molar-refractivity contribution in [2.45, 2.75) is 63.8 Å². The molecule has 0 aliphatic heterocycles. The molecule has 0 aliphatic carbocycles. The van der Waals surface area contributed by atoms with E-state index in [1.165, 1.54) is 47.9 Å². The summed E-state index contributed by atoms with van der Waals surface area (Å²) in [5.41, 5.74) is 5.75. The highest BCUT2D eigenvalue weighted by atomic mass is 15.0. The van der Waals surface area contributed by atoms with Crippen LogP contribution in [0.4, 0.5) is 0 Å². The summed E-state index contributed by atoms with van der Waals surface area (Å²) < 4.78 is 2.18. The van der Waals surface area contributed by atoms with E-state index in [1.54, 1.807) is 0 Å². The van der Waals surface area contributed by atoms with E-state index in [2.05, 4.69) is 115 Å². The van der Waals surface area contributed by atoms with Crippen molar-refractivity contribution in [2.75, 3.05) is 0 Å². The first kappa shape index (κ1) is 23.0. The predicted molar refractivity (Wildman–Crippen MR) is 137 cm³/mol. The van der Waals surface area contributed by atoms with Crippen LogP contribution in [0.3, 0.4) is 0 Å². The Morgan fingerprint density at radius 2 is 1.15 bits per heavy atom. The van der Waals surface area contributed by atoms with E-state index in [-0.39, 0.29) is 0 Å². The third-order valence-corrected chi connectivity index (χ3v) is 7.08. The van der Waals surface area contributed by atoms with Crippen LogP contribution in [0.1, 0.15) is 79.5 Å². The molecular formula is C31H37N2+. The van der Waals surface area contributed by atoms with Crippen molar-refractivity contribution < 1.29 is 4.57 Å². The van der Waals surface area contributed by atoms with E-state index in [0.717, 1.165) is 6.54 Å². The molecule has 0 aliphatic rings. The fourth-order valence-corrected chi connectivity index (χ4v) is 5.11. The van der Waals surface area contributed by atoms with Crippen molar-refractivity contribution >= 4 is 0 Å². The van der Waals surface area contributed by atoms with Gasteiger partial charge in [0.15, 0.2) is 0 Å². The van der Waals surface area contributed by atoms with Gasteiger partial charge in [-0.05, 0) is 65.7 Å². The molecule has 2 unspecified atom stereocenters. The van der Waals surface area contributed by atoms with Crippen LogP contribution in [0.25, 0.3) is 0 Å². The molecule has 2 nitrogen and oxygen atoms in total. The molecule has 0 amide bonds. The van der Waals surface area contributed by atoms with Crippen molar-refractivity contribution in [1.82, 2.24) is 4.98 Å². The number of rotatable bonds is 11. The zero-order chi connectivity index (χ0) is 22.9. The molecule has 1 aromatic heterocycles. The number of nitrogens with zero attached hydrogens (tertiary/aromatic N) is 1. The molecule has 0 bridgehead atoms. The van der Waals surface area contributed by atoms with Crippen LogP contribution in [0.2, 0.25) is 0 Å². The van der Waals surface area contributed by atoms with Gasteiger partial charge in [-0.3, -0.25) is 4.98 Å². The highest BCUT2D eigenvalue weighted by Crippen LogP contribution is 2.39. The number of benzene rings is 3. The predicted octanol–water partition coefficient (Wildman–Crippen LogP) is 7.60. The number of imidazole rings is 1. The molecule has 0 saturated heterocycles. The van der Waals surface area contributed by atoms with E-state index in [9.17, 15) is 0 Å². The third-order valence-electron chi connectivity index (χ3n) is 7.08. The van der Waals surface area contributed by atoms with Crippen LogP contribution in [0, 0.1) is 0 Å². The molecule has 1 N–H and O–H groups in total. The van der Waals surface area contributed by atoms with Crippen LogP contribution in [0.15, 0.2) is 104 Å². The summed E-state index contributed by atoms with van der Waals surface area (Å²) in [6.07, 6.45) is 10.8. The maximum Gasteiger partial charge on any atom is 0.241 e. The topological polar surface area (TPSA) is 19.7 Å². The first-order valence-corrected chi connectivity index (χ1v) is 12.5. The molecule has 0 fully saturated rings. The van der Waals surface area contributed by atoms with E-state index in [4.69, 9.17) is 0 Å². The second-order valence-electron chi connectivity index (χ2n) is 9.23. The Morgan fingerprint density at radius 1 is 0.636 bits per heavy atom. The molecule has 1 heterocycles. The summed E-state index contributed by atoms with van der Waals surface area (Å²) in [6.45, 7) is 5.57. The molecule has 4 rings (SSSR count). The number of hydrogen-bond acceptors (Lipinski definition) is 0. The number of H-pyrrole nitrogens is 1. The third kappa shape index (κ3) is 6.22. The molecule has 4 aromatic rings. The van der Waals surface area contributed by atoms with E-state index < -0.39 is 0 Å². The first-order valence-electron chi connectivity index (χ1n) is 12.5. The van der Waals surface area contributed by atoms with Crippen molar-refractivity contribution in [3.63, 3.8) is 0 Å². The lowest BCUT2D eigenvalue weighted by atomic mass is 9.77. The van der Waals surface area contributed by atoms with Gasteiger partial charge in [0.2, 0.25) is 6.33 Å². The zero-order valence-electron chi connectivity index (χ0n) is 20.0. The lowest BCUT2D eigenvalue weighted by Crippen LogP contribution is -2.30. The van der Waals surface area contributed by atoms with Gasteiger partial charge in [0, 0.05) is 0 Å². The van der Waals surface area contributed by atoms with Gasteiger partial charge in [-0.15, -0.1) is 0 Å². The summed E-state index contributed by atoms with van der Waals surface area (Å²) in [6, 6.07) is 31.6. The number of aromatic nitrogens is 2. The van der Waals surface area contributed by atoms with E-state index >= 15 is 0 Å². The summed E-state index contributed by atoms with van der Waals surface area (Å²) in [5.74, 6) is 1.70. The second-order valence-corrected chi connectivity index (χ2v) is 9.23. The summed E-state index contributed by atoms with van der Waals surface area (Å²) in [7, 11) is 0. The first-order chi connectivity index (χ1) is 16.3. The Labute approximate surface area is 199 Å². The molecule has 3 aromatic carbocycles. The van der Waals surface area contributed by atoms with Gasteiger partial charge in [-0.25, -0.2) is 4.57 Å². The Kier molecular flexibility index (Phi) is 8.14. The largest absolute Gasteiger partial charge is 0.250 e. The average molecular weight is 438 g/mol. The molecular weight excluding hydrogens is 400 g/mol. The molecule has 33 heavy (non-hydrogen) atoms. The molecule has 0 saturated carbocycles. The van der Waals surface area contributed by atoms with Crippen molar-refractivity contribution in [2.24, 2.45) is 0 Å².